The first-order chi connectivity index (χ1) is 7.63. The molecule has 0 aromatic carbocycles. The van der Waals surface area contributed by atoms with Gasteiger partial charge in [0.2, 0.25) is 5.91 Å². The second kappa shape index (κ2) is 6.27. The van der Waals surface area contributed by atoms with E-state index in [1.807, 2.05) is 24.4 Å². The minimum Gasteiger partial charge on any atom is -0.480 e. The van der Waals surface area contributed by atoms with Crippen molar-refractivity contribution >= 4 is 23.2 Å². The molecule has 1 atom stereocenters. The van der Waals surface area contributed by atoms with Crippen LogP contribution in [0.3, 0.4) is 0 Å². The van der Waals surface area contributed by atoms with Crippen LogP contribution in [0.25, 0.3) is 0 Å². The Bertz CT molecular complexity index is 348. The van der Waals surface area contributed by atoms with Gasteiger partial charge in [0.05, 0.1) is 6.42 Å². The molecule has 0 spiro atoms. The number of aliphatic carboxylic acids is 1. The van der Waals surface area contributed by atoms with E-state index in [0.717, 1.165) is 11.3 Å². The predicted molar refractivity (Wildman–Crippen MR) is 62.5 cm³/mol. The fraction of sp³-hybridized carbons (Fsp3) is 0.455. The molecule has 0 fully saturated rings. The quantitative estimate of drug-likeness (QED) is 0.796. The number of thiophene rings is 1. The number of carboxylic acids is 1. The van der Waals surface area contributed by atoms with E-state index < -0.39 is 12.0 Å². The molecule has 88 valence electrons. The Balaban J connectivity index is 2.45. The summed E-state index contributed by atoms with van der Waals surface area (Å²) in [6, 6.07) is 2.96. The van der Waals surface area contributed by atoms with E-state index in [1.54, 1.807) is 0 Å². The lowest BCUT2D eigenvalue weighted by molar-refractivity contribution is -0.141. The Kier molecular flexibility index (Phi) is 4.98. The van der Waals surface area contributed by atoms with Gasteiger partial charge < -0.3 is 10.4 Å². The van der Waals surface area contributed by atoms with Crippen LogP contribution >= 0.6 is 11.3 Å². The molecule has 0 aliphatic heterocycles. The van der Waals surface area contributed by atoms with E-state index in [9.17, 15) is 9.59 Å². The van der Waals surface area contributed by atoms with Crippen molar-refractivity contribution in [2.45, 2.75) is 32.2 Å². The van der Waals surface area contributed by atoms with Crippen LogP contribution in [0.4, 0.5) is 0 Å². The van der Waals surface area contributed by atoms with Crippen molar-refractivity contribution < 1.29 is 14.7 Å². The third kappa shape index (κ3) is 4.02. The summed E-state index contributed by atoms with van der Waals surface area (Å²) in [4.78, 5) is 23.3. The fourth-order valence-corrected chi connectivity index (χ4v) is 2.07. The van der Waals surface area contributed by atoms with Gasteiger partial charge in [0.1, 0.15) is 6.04 Å². The highest BCUT2D eigenvalue weighted by molar-refractivity contribution is 7.10. The van der Waals surface area contributed by atoms with Gasteiger partial charge in [-0.3, -0.25) is 4.79 Å². The van der Waals surface area contributed by atoms with Gasteiger partial charge in [-0.25, -0.2) is 4.79 Å². The van der Waals surface area contributed by atoms with Gasteiger partial charge in [-0.2, -0.15) is 0 Å². The first-order valence-electron chi connectivity index (χ1n) is 5.18. The average Bonchev–Trinajstić information content (AvgIpc) is 2.69. The van der Waals surface area contributed by atoms with Crippen LogP contribution in [-0.4, -0.2) is 23.0 Å². The Morgan fingerprint density at radius 1 is 1.56 bits per heavy atom. The first kappa shape index (κ1) is 12.7. The van der Waals surface area contributed by atoms with Gasteiger partial charge in [-0.1, -0.05) is 19.4 Å². The number of carboxylic acid groups (broad SMARTS) is 1. The molecule has 2 N–H and O–H groups in total. The number of rotatable bonds is 6. The third-order valence-electron chi connectivity index (χ3n) is 2.13. The molecule has 16 heavy (non-hydrogen) atoms. The molecule has 0 unspecified atom stereocenters. The van der Waals surface area contributed by atoms with Crippen molar-refractivity contribution in [3.8, 4) is 0 Å². The molecular formula is C11H15NO3S. The summed E-state index contributed by atoms with van der Waals surface area (Å²) in [6.45, 7) is 1.89. The molecule has 0 bridgehead atoms. The molecule has 1 rings (SSSR count). The lowest BCUT2D eigenvalue weighted by atomic mass is 10.1. The Labute approximate surface area is 98.3 Å². The van der Waals surface area contributed by atoms with Crippen LogP contribution in [0.5, 0.6) is 0 Å². The summed E-state index contributed by atoms with van der Waals surface area (Å²) in [7, 11) is 0. The van der Waals surface area contributed by atoms with Crippen molar-refractivity contribution in [3.05, 3.63) is 22.4 Å². The van der Waals surface area contributed by atoms with Gasteiger partial charge >= 0.3 is 5.97 Å². The maximum atomic E-state index is 11.5. The van der Waals surface area contributed by atoms with Gasteiger partial charge in [0.25, 0.3) is 0 Å². The Hall–Kier alpha value is -1.36. The number of hydrogen-bond acceptors (Lipinski definition) is 3. The normalized spacial score (nSPS) is 12.1. The molecule has 5 heteroatoms. The molecule has 4 nitrogen and oxygen atoms in total. The molecule has 0 aliphatic carbocycles. The number of hydrogen-bond donors (Lipinski definition) is 2. The summed E-state index contributed by atoms with van der Waals surface area (Å²) in [5.74, 6) is -1.20. The van der Waals surface area contributed by atoms with Gasteiger partial charge in [0, 0.05) is 4.88 Å². The molecule has 0 aliphatic rings. The average molecular weight is 241 g/mol. The summed E-state index contributed by atoms with van der Waals surface area (Å²) in [5, 5.41) is 13.3. The van der Waals surface area contributed by atoms with Crippen LogP contribution in [0.15, 0.2) is 17.5 Å². The molecular weight excluding hydrogens is 226 g/mol. The van der Waals surface area contributed by atoms with E-state index in [4.69, 9.17) is 5.11 Å². The largest absolute Gasteiger partial charge is 0.480 e. The third-order valence-corrected chi connectivity index (χ3v) is 3.00. The van der Waals surface area contributed by atoms with E-state index in [-0.39, 0.29) is 12.3 Å². The minimum absolute atomic E-state index is 0.233. The van der Waals surface area contributed by atoms with E-state index in [1.165, 1.54) is 11.3 Å². The molecule has 1 amide bonds. The van der Waals surface area contributed by atoms with Crippen LogP contribution in [0.2, 0.25) is 0 Å². The SMILES string of the molecule is CCC[C@@H](NC(=O)Cc1cccs1)C(=O)O. The van der Waals surface area contributed by atoms with E-state index >= 15 is 0 Å². The van der Waals surface area contributed by atoms with E-state index in [2.05, 4.69) is 5.32 Å². The number of nitrogens with one attached hydrogen (secondary N) is 1. The summed E-state index contributed by atoms with van der Waals surface area (Å²) in [6.07, 6.45) is 1.45. The number of amides is 1. The van der Waals surface area contributed by atoms with Gasteiger partial charge in [0.15, 0.2) is 0 Å². The van der Waals surface area contributed by atoms with Crippen LogP contribution in [0, 0.1) is 0 Å². The second-order valence-electron chi connectivity index (χ2n) is 3.50. The predicted octanol–water partition coefficient (Wildman–Crippen LogP) is 1.66. The molecule has 1 aromatic rings. The first-order valence-corrected chi connectivity index (χ1v) is 6.06. The molecule has 0 saturated carbocycles. The zero-order chi connectivity index (χ0) is 12.0. The summed E-state index contributed by atoms with van der Waals surface area (Å²) in [5.41, 5.74) is 0. The maximum Gasteiger partial charge on any atom is 0.326 e. The standard InChI is InChI=1S/C11H15NO3S/c1-2-4-9(11(14)15)12-10(13)7-8-5-3-6-16-8/h3,5-6,9H,2,4,7H2,1H3,(H,12,13)(H,14,15)/t9-/m1/s1. The lowest BCUT2D eigenvalue weighted by Gasteiger charge is -2.12. The van der Waals surface area contributed by atoms with Crippen molar-refractivity contribution in [1.29, 1.82) is 0 Å². The van der Waals surface area contributed by atoms with Crippen molar-refractivity contribution in [2.75, 3.05) is 0 Å². The monoisotopic (exact) mass is 241 g/mol. The smallest absolute Gasteiger partial charge is 0.326 e. The lowest BCUT2D eigenvalue weighted by Crippen LogP contribution is -2.41. The summed E-state index contributed by atoms with van der Waals surface area (Å²) < 4.78 is 0. The second-order valence-corrected chi connectivity index (χ2v) is 4.54. The number of carbonyl (C=O) groups is 2. The van der Waals surface area contributed by atoms with E-state index in [0.29, 0.717) is 6.42 Å². The van der Waals surface area contributed by atoms with Crippen LogP contribution < -0.4 is 5.32 Å². The topological polar surface area (TPSA) is 66.4 Å². The number of carbonyl (C=O) groups excluding carboxylic acids is 1. The maximum absolute atomic E-state index is 11.5. The van der Waals surface area contributed by atoms with Crippen molar-refractivity contribution in [1.82, 2.24) is 5.32 Å². The highest BCUT2D eigenvalue weighted by atomic mass is 32.1. The molecule has 0 radical (unpaired) electrons. The summed E-state index contributed by atoms with van der Waals surface area (Å²) >= 11 is 1.49. The van der Waals surface area contributed by atoms with Gasteiger partial charge in [-0.05, 0) is 17.9 Å². The zero-order valence-corrected chi connectivity index (χ0v) is 9.92. The molecule has 0 saturated heterocycles. The Morgan fingerprint density at radius 2 is 2.31 bits per heavy atom. The highest BCUT2D eigenvalue weighted by Crippen LogP contribution is 2.09. The highest BCUT2D eigenvalue weighted by Gasteiger charge is 2.18. The van der Waals surface area contributed by atoms with Crippen molar-refractivity contribution in [2.24, 2.45) is 0 Å². The van der Waals surface area contributed by atoms with Crippen LogP contribution in [-0.2, 0) is 16.0 Å². The Morgan fingerprint density at radius 3 is 2.81 bits per heavy atom. The van der Waals surface area contributed by atoms with Crippen molar-refractivity contribution in [3.63, 3.8) is 0 Å². The van der Waals surface area contributed by atoms with Crippen LogP contribution in [0.1, 0.15) is 24.6 Å². The zero-order valence-electron chi connectivity index (χ0n) is 9.10. The molecule has 1 heterocycles. The minimum atomic E-state index is -0.971. The van der Waals surface area contributed by atoms with Gasteiger partial charge in [-0.15, -0.1) is 11.3 Å². The molecule has 1 aromatic heterocycles. The fourth-order valence-electron chi connectivity index (χ4n) is 1.36.